The summed E-state index contributed by atoms with van der Waals surface area (Å²) in [4.78, 5) is 4.32. The van der Waals surface area contributed by atoms with Gasteiger partial charge in [-0.15, -0.1) is 0 Å². The van der Waals surface area contributed by atoms with Crippen LogP contribution in [0.15, 0.2) is 29.1 Å². The van der Waals surface area contributed by atoms with Crippen molar-refractivity contribution in [2.75, 3.05) is 12.4 Å². The molecule has 0 atom stereocenters. The monoisotopic (exact) mass is 333 g/mol. The molecule has 3 aromatic rings. The molecule has 5 nitrogen and oxygen atoms in total. The SMILES string of the molecule is CCn1cc(-c2cc(NC)n(C)n2)c2cc(Br)ncc21. The molecule has 1 N–H and O–H groups in total. The summed E-state index contributed by atoms with van der Waals surface area (Å²) in [5, 5.41) is 8.88. The van der Waals surface area contributed by atoms with E-state index >= 15 is 0 Å². The lowest BCUT2D eigenvalue weighted by Crippen LogP contribution is -1.97. The van der Waals surface area contributed by atoms with Crippen molar-refractivity contribution in [3.63, 3.8) is 0 Å². The van der Waals surface area contributed by atoms with Gasteiger partial charge in [0.15, 0.2) is 0 Å². The summed E-state index contributed by atoms with van der Waals surface area (Å²) in [5.41, 5.74) is 3.22. The van der Waals surface area contributed by atoms with Crippen molar-refractivity contribution in [1.29, 1.82) is 0 Å². The lowest BCUT2D eigenvalue weighted by molar-refractivity contribution is 0.776. The Bertz CT molecular complexity index is 771. The molecule has 0 spiro atoms. The van der Waals surface area contributed by atoms with Crippen LogP contribution in [0.25, 0.3) is 22.2 Å². The van der Waals surface area contributed by atoms with Crippen LogP contribution in [0.5, 0.6) is 0 Å². The maximum absolute atomic E-state index is 4.58. The quantitative estimate of drug-likeness (QED) is 0.748. The highest BCUT2D eigenvalue weighted by atomic mass is 79.9. The molecule has 0 radical (unpaired) electrons. The number of aryl methyl sites for hydroxylation is 2. The number of hydrogen-bond donors (Lipinski definition) is 1. The molecule has 0 aromatic carbocycles. The summed E-state index contributed by atoms with van der Waals surface area (Å²) in [6.45, 7) is 3.04. The summed E-state index contributed by atoms with van der Waals surface area (Å²) in [5.74, 6) is 0.991. The minimum atomic E-state index is 0.838. The molecule has 0 bridgehead atoms. The van der Waals surface area contributed by atoms with Crippen molar-refractivity contribution >= 4 is 32.7 Å². The van der Waals surface area contributed by atoms with Gasteiger partial charge in [0.05, 0.1) is 17.4 Å². The Hall–Kier alpha value is -1.82. The second kappa shape index (κ2) is 4.94. The average molecular weight is 334 g/mol. The Morgan fingerprint density at radius 1 is 1.35 bits per heavy atom. The molecule has 104 valence electrons. The van der Waals surface area contributed by atoms with Crippen LogP contribution in [-0.4, -0.2) is 26.4 Å². The fraction of sp³-hybridized carbons (Fsp3) is 0.286. The number of fused-ring (bicyclic) bond motifs is 1. The summed E-state index contributed by atoms with van der Waals surface area (Å²) in [6.07, 6.45) is 4.04. The van der Waals surface area contributed by atoms with Crippen LogP contribution in [0, 0.1) is 0 Å². The van der Waals surface area contributed by atoms with Gasteiger partial charge in [-0.2, -0.15) is 5.10 Å². The van der Waals surface area contributed by atoms with Crippen molar-refractivity contribution in [2.45, 2.75) is 13.5 Å². The number of pyridine rings is 1. The predicted molar refractivity (Wildman–Crippen MR) is 84.9 cm³/mol. The maximum Gasteiger partial charge on any atom is 0.124 e. The van der Waals surface area contributed by atoms with Gasteiger partial charge in [-0.05, 0) is 28.9 Å². The molecule has 0 amide bonds. The highest BCUT2D eigenvalue weighted by Crippen LogP contribution is 2.32. The first-order chi connectivity index (χ1) is 9.63. The molecular formula is C14H16BrN5. The van der Waals surface area contributed by atoms with E-state index in [0.717, 1.165) is 39.1 Å². The van der Waals surface area contributed by atoms with Gasteiger partial charge in [-0.1, -0.05) is 0 Å². The first-order valence-corrected chi connectivity index (χ1v) is 7.30. The first-order valence-electron chi connectivity index (χ1n) is 6.50. The Balaban J connectivity index is 2.26. The number of hydrogen-bond acceptors (Lipinski definition) is 3. The van der Waals surface area contributed by atoms with Gasteiger partial charge in [-0.25, -0.2) is 4.98 Å². The van der Waals surface area contributed by atoms with Gasteiger partial charge < -0.3 is 9.88 Å². The number of nitrogens with zero attached hydrogens (tertiary/aromatic N) is 4. The Labute approximate surface area is 125 Å². The topological polar surface area (TPSA) is 47.7 Å². The molecule has 3 aromatic heterocycles. The molecular weight excluding hydrogens is 318 g/mol. The maximum atomic E-state index is 4.58. The summed E-state index contributed by atoms with van der Waals surface area (Å²) in [7, 11) is 3.84. The molecule has 0 aliphatic rings. The van der Waals surface area contributed by atoms with Crippen LogP contribution in [-0.2, 0) is 13.6 Å². The molecule has 0 saturated carbocycles. The van der Waals surface area contributed by atoms with Crippen LogP contribution in [0.4, 0.5) is 5.82 Å². The van der Waals surface area contributed by atoms with E-state index in [9.17, 15) is 0 Å². The van der Waals surface area contributed by atoms with Gasteiger partial charge in [0.1, 0.15) is 10.4 Å². The Morgan fingerprint density at radius 3 is 2.80 bits per heavy atom. The Morgan fingerprint density at radius 2 is 2.15 bits per heavy atom. The van der Waals surface area contributed by atoms with E-state index in [1.807, 2.05) is 31.0 Å². The third-order valence-corrected chi connectivity index (χ3v) is 3.92. The molecule has 0 saturated heterocycles. The van der Waals surface area contributed by atoms with Crippen LogP contribution < -0.4 is 5.32 Å². The van der Waals surface area contributed by atoms with Crippen LogP contribution in [0.1, 0.15) is 6.92 Å². The molecule has 3 heterocycles. The van der Waals surface area contributed by atoms with E-state index in [2.05, 4.69) is 55.1 Å². The lowest BCUT2D eigenvalue weighted by Gasteiger charge is -1.98. The Kier molecular flexibility index (Phi) is 3.25. The smallest absolute Gasteiger partial charge is 0.124 e. The summed E-state index contributed by atoms with van der Waals surface area (Å²) >= 11 is 3.45. The molecule has 20 heavy (non-hydrogen) atoms. The predicted octanol–water partition coefficient (Wildman–Crippen LogP) is 3.26. The third-order valence-electron chi connectivity index (χ3n) is 3.49. The number of aromatic nitrogens is 4. The zero-order valence-corrected chi connectivity index (χ0v) is 13.3. The van der Waals surface area contributed by atoms with Gasteiger partial charge in [0.25, 0.3) is 0 Å². The molecule has 0 fully saturated rings. The standard InChI is InChI=1S/C14H16BrN5/c1-4-20-8-10(9-5-13(15)17-7-12(9)20)11-6-14(16-2)19(3)18-11/h5-8,16H,4H2,1-3H3. The van der Waals surface area contributed by atoms with Crippen LogP contribution >= 0.6 is 15.9 Å². The van der Waals surface area contributed by atoms with E-state index < -0.39 is 0 Å². The van der Waals surface area contributed by atoms with Crippen molar-refractivity contribution in [3.8, 4) is 11.3 Å². The number of anilines is 1. The number of nitrogens with one attached hydrogen (secondary N) is 1. The second-order valence-corrected chi connectivity index (χ2v) is 5.45. The fourth-order valence-corrected chi connectivity index (χ4v) is 2.79. The second-order valence-electron chi connectivity index (χ2n) is 4.64. The zero-order valence-electron chi connectivity index (χ0n) is 11.7. The van der Waals surface area contributed by atoms with Gasteiger partial charge >= 0.3 is 0 Å². The van der Waals surface area contributed by atoms with Crippen LogP contribution in [0.2, 0.25) is 0 Å². The van der Waals surface area contributed by atoms with Crippen LogP contribution in [0.3, 0.4) is 0 Å². The molecule has 0 aliphatic carbocycles. The van der Waals surface area contributed by atoms with Crippen molar-refractivity contribution in [2.24, 2.45) is 7.05 Å². The minimum absolute atomic E-state index is 0.838. The largest absolute Gasteiger partial charge is 0.373 e. The van der Waals surface area contributed by atoms with E-state index in [0.29, 0.717) is 0 Å². The van der Waals surface area contributed by atoms with E-state index in [-0.39, 0.29) is 0 Å². The zero-order chi connectivity index (χ0) is 14.3. The molecule has 6 heteroatoms. The fourth-order valence-electron chi connectivity index (χ4n) is 2.46. The number of halogens is 1. The van der Waals surface area contributed by atoms with E-state index in [1.165, 1.54) is 0 Å². The van der Waals surface area contributed by atoms with E-state index in [4.69, 9.17) is 0 Å². The van der Waals surface area contributed by atoms with Gasteiger partial charge in [-0.3, -0.25) is 4.68 Å². The highest BCUT2D eigenvalue weighted by molar-refractivity contribution is 9.10. The van der Waals surface area contributed by atoms with Gasteiger partial charge in [0.2, 0.25) is 0 Å². The normalized spacial score (nSPS) is 11.2. The minimum Gasteiger partial charge on any atom is -0.373 e. The summed E-state index contributed by atoms with van der Waals surface area (Å²) in [6, 6.07) is 4.10. The first kappa shape index (κ1) is 13.2. The molecule has 0 aliphatic heterocycles. The van der Waals surface area contributed by atoms with Crippen molar-refractivity contribution in [3.05, 3.63) is 29.1 Å². The summed E-state index contributed by atoms with van der Waals surface area (Å²) < 4.78 is 4.88. The van der Waals surface area contributed by atoms with Crippen molar-refractivity contribution < 1.29 is 0 Å². The molecule has 0 unspecified atom stereocenters. The third kappa shape index (κ3) is 2.00. The van der Waals surface area contributed by atoms with Crippen molar-refractivity contribution in [1.82, 2.24) is 19.3 Å². The van der Waals surface area contributed by atoms with E-state index in [1.54, 1.807) is 0 Å². The molecule has 3 rings (SSSR count). The highest BCUT2D eigenvalue weighted by Gasteiger charge is 2.14. The van der Waals surface area contributed by atoms with Gasteiger partial charge in [0, 0.05) is 43.9 Å². The average Bonchev–Trinajstić information content (AvgIpc) is 2.98. The number of rotatable bonds is 3. The lowest BCUT2D eigenvalue weighted by atomic mass is 10.1.